The molecule has 0 spiro atoms. The van der Waals surface area contributed by atoms with E-state index in [0.717, 1.165) is 25.8 Å². The van der Waals surface area contributed by atoms with E-state index >= 15 is 0 Å². The van der Waals surface area contributed by atoms with Crippen LogP contribution in [0.1, 0.15) is 40.0 Å². The Kier molecular flexibility index (Phi) is 8.57. The van der Waals surface area contributed by atoms with Crippen molar-refractivity contribution in [1.82, 2.24) is 5.32 Å². The highest BCUT2D eigenvalue weighted by atomic mass is 32.2. The zero-order valence-corrected chi connectivity index (χ0v) is 13.0. The molecule has 1 atom stereocenters. The molecule has 106 valence electrons. The Bertz CT molecular complexity index is 275. The fourth-order valence-electron chi connectivity index (χ4n) is 2.10. The first-order valence-corrected chi connectivity index (χ1v) is 7.88. The summed E-state index contributed by atoms with van der Waals surface area (Å²) in [5.41, 5.74) is 5.07. The van der Waals surface area contributed by atoms with Crippen LogP contribution in [-0.4, -0.2) is 30.7 Å². The molecular weight excluding hydrogens is 244 g/mol. The third-order valence-electron chi connectivity index (χ3n) is 3.58. The lowest BCUT2D eigenvalue weighted by molar-refractivity contribution is -0.124. The molecule has 0 radical (unpaired) electrons. The third-order valence-corrected chi connectivity index (χ3v) is 4.32. The maximum Gasteiger partial charge on any atom is 0.166 e. The second kappa shape index (κ2) is 8.73. The predicted octanol–water partition coefficient (Wildman–Crippen LogP) is 2.57. The zero-order chi connectivity index (χ0) is 14.2. The summed E-state index contributed by atoms with van der Waals surface area (Å²) in [6.07, 6.45) is 4.60. The monoisotopic (exact) mass is 272 g/mol. The van der Waals surface area contributed by atoms with Crippen LogP contribution >= 0.6 is 11.8 Å². The van der Waals surface area contributed by atoms with E-state index in [4.69, 9.17) is 5.73 Å². The molecule has 0 rings (SSSR count). The highest BCUT2D eigenvalue weighted by molar-refractivity contribution is 8.02. The number of nitrogens with one attached hydrogen (secondary N) is 1. The van der Waals surface area contributed by atoms with Gasteiger partial charge < -0.3 is 11.1 Å². The van der Waals surface area contributed by atoms with Gasteiger partial charge >= 0.3 is 0 Å². The molecule has 0 saturated carbocycles. The lowest BCUT2D eigenvalue weighted by atomic mass is 9.87. The van der Waals surface area contributed by atoms with Crippen LogP contribution in [0.4, 0.5) is 0 Å². The van der Waals surface area contributed by atoms with Crippen molar-refractivity contribution in [2.75, 3.05) is 19.3 Å². The van der Waals surface area contributed by atoms with E-state index in [1.807, 2.05) is 20.1 Å². The highest BCUT2D eigenvalue weighted by Crippen LogP contribution is 2.21. The number of thioether (sulfide) groups is 1. The van der Waals surface area contributed by atoms with E-state index in [2.05, 4.69) is 18.8 Å². The molecule has 3 N–H and O–H groups in total. The molecule has 0 aliphatic carbocycles. The summed E-state index contributed by atoms with van der Waals surface area (Å²) < 4.78 is 0. The molecule has 0 aromatic carbocycles. The summed E-state index contributed by atoms with van der Waals surface area (Å²) in [4.78, 5) is 13.2. The van der Waals surface area contributed by atoms with Crippen molar-refractivity contribution in [3.63, 3.8) is 0 Å². The Morgan fingerprint density at radius 2 is 2.00 bits per heavy atom. The minimum absolute atomic E-state index is 0.112. The number of ketones is 1. The van der Waals surface area contributed by atoms with E-state index in [1.165, 1.54) is 4.91 Å². The summed E-state index contributed by atoms with van der Waals surface area (Å²) in [6, 6.07) is 0. The van der Waals surface area contributed by atoms with Crippen LogP contribution in [0.25, 0.3) is 0 Å². The van der Waals surface area contributed by atoms with Gasteiger partial charge in [0.15, 0.2) is 5.78 Å². The number of nitrogens with two attached hydrogens (primary N) is 1. The Labute approximate surface area is 116 Å². The zero-order valence-electron chi connectivity index (χ0n) is 12.2. The van der Waals surface area contributed by atoms with Crippen molar-refractivity contribution in [3.05, 3.63) is 11.5 Å². The molecule has 0 aliphatic rings. The van der Waals surface area contributed by atoms with E-state index in [0.29, 0.717) is 5.92 Å². The van der Waals surface area contributed by atoms with E-state index in [-0.39, 0.29) is 12.3 Å². The summed E-state index contributed by atoms with van der Waals surface area (Å²) in [7, 11) is 0. The Morgan fingerprint density at radius 3 is 2.39 bits per heavy atom. The van der Waals surface area contributed by atoms with Crippen LogP contribution in [0.5, 0.6) is 0 Å². The molecule has 0 aromatic heterocycles. The summed E-state index contributed by atoms with van der Waals surface area (Å²) in [6.45, 7) is 11.2. The molecule has 0 fully saturated rings. The number of rotatable bonds is 10. The molecule has 0 saturated heterocycles. The number of carbonyl (C=O) groups is 1. The lowest BCUT2D eigenvalue weighted by Crippen LogP contribution is -2.54. The van der Waals surface area contributed by atoms with Gasteiger partial charge in [-0.05, 0) is 42.9 Å². The van der Waals surface area contributed by atoms with Crippen LogP contribution in [0.15, 0.2) is 11.5 Å². The minimum Gasteiger partial charge on any atom is -0.324 e. The van der Waals surface area contributed by atoms with E-state index in [9.17, 15) is 4.79 Å². The number of Topliss-reactive ketones (excluding diaryl/α,β-unsaturated/α-hetero) is 1. The van der Waals surface area contributed by atoms with Crippen molar-refractivity contribution >= 4 is 17.5 Å². The van der Waals surface area contributed by atoms with Gasteiger partial charge in [0.05, 0.1) is 12.1 Å². The van der Waals surface area contributed by atoms with E-state index in [1.54, 1.807) is 11.8 Å². The first kappa shape index (κ1) is 17.7. The molecule has 18 heavy (non-hydrogen) atoms. The van der Waals surface area contributed by atoms with Crippen LogP contribution in [0, 0.1) is 5.92 Å². The van der Waals surface area contributed by atoms with E-state index < -0.39 is 5.54 Å². The van der Waals surface area contributed by atoms with Gasteiger partial charge in [-0.25, -0.2) is 0 Å². The number of allylic oxidation sites excluding steroid dienone is 1. The van der Waals surface area contributed by atoms with Crippen molar-refractivity contribution in [3.8, 4) is 0 Å². The van der Waals surface area contributed by atoms with Gasteiger partial charge in [0, 0.05) is 0 Å². The predicted molar refractivity (Wildman–Crippen MR) is 81.8 cm³/mol. The van der Waals surface area contributed by atoms with Gasteiger partial charge in [-0.1, -0.05) is 27.4 Å². The maximum atomic E-state index is 12.0. The fourth-order valence-corrected chi connectivity index (χ4v) is 2.55. The topological polar surface area (TPSA) is 55.1 Å². The second-order valence-electron chi connectivity index (χ2n) is 4.85. The highest BCUT2D eigenvalue weighted by Gasteiger charge is 2.32. The Balaban J connectivity index is 4.44. The van der Waals surface area contributed by atoms with Crippen molar-refractivity contribution < 1.29 is 4.79 Å². The normalized spacial score (nSPS) is 13.4. The third kappa shape index (κ3) is 5.12. The molecule has 0 aliphatic heterocycles. The lowest BCUT2D eigenvalue weighted by Gasteiger charge is -2.32. The molecule has 1 unspecified atom stereocenters. The smallest absolute Gasteiger partial charge is 0.166 e. The van der Waals surface area contributed by atoms with Crippen LogP contribution in [0.3, 0.4) is 0 Å². The van der Waals surface area contributed by atoms with Crippen molar-refractivity contribution in [2.24, 2.45) is 11.7 Å². The molecule has 0 aromatic rings. The summed E-state index contributed by atoms with van der Waals surface area (Å²) >= 11 is 1.70. The Morgan fingerprint density at radius 1 is 1.44 bits per heavy atom. The van der Waals surface area contributed by atoms with Gasteiger partial charge in [0.1, 0.15) is 0 Å². The summed E-state index contributed by atoms with van der Waals surface area (Å²) in [5.74, 6) is 0.594. The largest absolute Gasteiger partial charge is 0.324 e. The van der Waals surface area contributed by atoms with Crippen LogP contribution in [0.2, 0.25) is 0 Å². The quantitative estimate of drug-likeness (QED) is 0.642. The van der Waals surface area contributed by atoms with Gasteiger partial charge in [0.2, 0.25) is 0 Å². The SMILES string of the molecule is C=C(CC(C)CNC(CC)(CC)C(=O)CN)SC. The molecule has 0 amide bonds. The standard InChI is InChI=1S/C14H28N2OS/c1-6-14(7-2,13(17)9-15)16-10-11(3)8-12(4)18-5/h11,16H,4,6-10,15H2,1-3,5H3. The molecule has 4 heteroatoms. The number of hydrogen-bond acceptors (Lipinski definition) is 4. The second-order valence-corrected chi connectivity index (χ2v) is 5.84. The average molecular weight is 272 g/mol. The van der Waals surface area contributed by atoms with Gasteiger partial charge in [-0.15, -0.1) is 11.8 Å². The maximum absolute atomic E-state index is 12.0. The molecule has 0 heterocycles. The number of carbonyl (C=O) groups excluding carboxylic acids is 1. The van der Waals surface area contributed by atoms with Gasteiger partial charge in [0.25, 0.3) is 0 Å². The van der Waals surface area contributed by atoms with Crippen LogP contribution in [-0.2, 0) is 4.79 Å². The first-order valence-electron chi connectivity index (χ1n) is 6.65. The first-order chi connectivity index (χ1) is 8.45. The van der Waals surface area contributed by atoms with Crippen molar-refractivity contribution in [1.29, 1.82) is 0 Å². The summed E-state index contributed by atoms with van der Waals surface area (Å²) in [5, 5.41) is 3.43. The number of hydrogen-bond donors (Lipinski definition) is 2. The van der Waals surface area contributed by atoms with Crippen LogP contribution < -0.4 is 11.1 Å². The molecule has 3 nitrogen and oxygen atoms in total. The Hall–Kier alpha value is -0.320. The van der Waals surface area contributed by atoms with Gasteiger partial charge in [-0.3, -0.25) is 4.79 Å². The van der Waals surface area contributed by atoms with Crippen molar-refractivity contribution in [2.45, 2.75) is 45.6 Å². The molecule has 0 bridgehead atoms. The average Bonchev–Trinajstić information content (AvgIpc) is 2.39. The van der Waals surface area contributed by atoms with Gasteiger partial charge in [-0.2, -0.15) is 0 Å². The fraction of sp³-hybridized carbons (Fsp3) is 0.786. The minimum atomic E-state index is -0.441. The molecular formula is C14H28N2OS.